The summed E-state index contributed by atoms with van der Waals surface area (Å²) in [6.07, 6.45) is 1.83. The number of hydrogen-bond acceptors (Lipinski definition) is 3. The van der Waals surface area contributed by atoms with Crippen LogP contribution in [0, 0.1) is 6.92 Å². The van der Waals surface area contributed by atoms with Crippen LogP contribution in [0.4, 0.5) is 5.82 Å². The van der Waals surface area contributed by atoms with Gasteiger partial charge in [0.05, 0.1) is 6.54 Å². The van der Waals surface area contributed by atoms with E-state index >= 15 is 0 Å². The number of aryl methyl sites for hydroxylation is 1. The molecule has 0 saturated heterocycles. The van der Waals surface area contributed by atoms with Crippen molar-refractivity contribution in [3.63, 3.8) is 0 Å². The topological polar surface area (TPSA) is 52.6 Å². The molecule has 0 atom stereocenters. The van der Waals surface area contributed by atoms with E-state index in [1.54, 1.807) is 0 Å². The molecular weight excluding hydrogens is 425 g/mol. The number of pyridine rings is 1. The van der Waals surface area contributed by atoms with Gasteiger partial charge in [0, 0.05) is 33.4 Å². The first-order valence-corrected chi connectivity index (χ1v) is 8.28. The number of halogens is 1. The highest BCUT2D eigenvalue weighted by molar-refractivity contribution is 14.0. The molecule has 0 unspecified atom stereocenters. The van der Waals surface area contributed by atoms with E-state index in [0.29, 0.717) is 6.54 Å². The molecule has 0 spiro atoms. The fourth-order valence-corrected chi connectivity index (χ4v) is 2.21. The molecule has 6 heteroatoms. The first-order chi connectivity index (χ1) is 11.6. The Hall–Kier alpha value is -1.83. The smallest absolute Gasteiger partial charge is 0.191 e. The van der Waals surface area contributed by atoms with Gasteiger partial charge < -0.3 is 15.5 Å². The highest BCUT2D eigenvalue weighted by Crippen LogP contribution is 2.10. The van der Waals surface area contributed by atoms with E-state index < -0.39 is 0 Å². The zero-order valence-electron chi connectivity index (χ0n) is 15.4. The Kier molecular flexibility index (Phi) is 9.26. The van der Waals surface area contributed by atoms with Crippen LogP contribution in [-0.4, -0.2) is 31.6 Å². The minimum atomic E-state index is 0. The van der Waals surface area contributed by atoms with E-state index in [1.165, 1.54) is 11.1 Å². The maximum absolute atomic E-state index is 4.66. The summed E-state index contributed by atoms with van der Waals surface area (Å²) in [5, 5.41) is 6.66. The summed E-state index contributed by atoms with van der Waals surface area (Å²) < 4.78 is 0. The van der Waals surface area contributed by atoms with E-state index in [4.69, 9.17) is 0 Å². The van der Waals surface area contributed by atoms with Gasteiger partial charge in [0.1, 0.15) is 5.82 Å². The van der Waals surface area contributed by atoms with Crippen LogP contribution in [-0.2, 0) is 13.1 Å². The van der Waals surface area contributed by atoms with Gasteiger partial charge in [0.2, 0.25) is 0 Å². The standard InChI is InChI=1S/C19H27N5.HI/c1-5-20-19(22-13-16-8-6-15(2)7-9-16)23-14-17-10-11-21-18(12-17)24(3)4;/h6-12H,5,13-14H2,1-4H3,(H2,20,22,23);1H. The zero-order chi connectivity index (χ0) is 17.4. The van der Waals surface area contributed by atoms with Crippen molar-refractivity contribution in [2.45, 2.75) is 26.9 Å². The molecule has 136 valence electrons. The van der Waals surface area contributed by atoms with Gasteiger partial charge in [-0.1, -0.05) is 29.8 Å². The predicted molar refractivity (Wildman–Crippen MR) is 117 cm³/mol. The number of guanidine groups is 1. The Morgan fingerprint density at radius 1 is 1.08 bits per heavy atom. The average molecular weight is 453 g/mol. The molecule has 0 aliphatic heterocycles. The van der Waals surface area contributed by atoms with Crippen LogP contribution in [0.1, 0.15) is 23.6 Å². The lowest BCUT2D eigenvalue weighted by molar-refractivity contribution is 0.815. The van der Waals surface area contributed by atoms with Crippen LogP contribution in [0.5, 0.6) is 0 Å². The number of nitrogens with zero attached hydrogens (tertiary/aromatic N) is 3. The minimum Gasteiger partial charge on any atom is -0.363 e. The van der Waals surface area contributed by atoms with Crippen molar-refractivity contribution in [1.29, 1.82) is 0 Å². The summed E-state index contributed by atoms with van der Waals surface area (Å²) in [7, 11) is 3.98. The number of hydrogen-bond donors (Lipinski definition) is 2. The normalized spacial score (nSPS) is 10.8. The summed E-state index contributed by atoms with van der Waals surface area (Å²) in [5.74, 6) is 1.77. The van der Waals surface area contributed by atoms with Gasteiger partial charge in [-0.05, 0) is 37.1 Å². The SMILES string of the molecule is CCNC(=NCc1ccnc(N(C)C)c1)NCc1ccc(C)cc1.I. The van der Waals surface area contributed by atoms with Crippen molar-refractivity contribution >= 4 is 35.8 Å². The second-order valence-electron chi connectivity index (χ2n) is 5.95. The second-order valence-corrected chi connectivity index (χ2v) is 5.95. The first-order valence-electron chi connectivity index (χ1n) is 8.28. The largest absolute Gasteiger partial charge is 0.363 e. The summed E-state index contributed by atoms with van der Waals surface area (Å²) in [6, 6.07) is 12.6. The molecule has 1 aromatic carbocycles. The fourth-order valence-electron chi connectivity index (χ4n) is 2.21. The molecule has 0 bridgehead atoms. The van der Waals surface area contributed by atoms with Gasteiger partial charge in [-0.2, -0.15) is 0 Å². The lowest BCUT2D eigenvalue weighted by Crippen LogP contribution is -2.36. The Bertz CT molecular complexity index is 668. The quantitative estimate of drug-likeness (QED) is 0.400. The Labute approximate surface area is 168 Å². The molecule has 0 saturated carbocycles. The maximum Gasteiger partial charge on any atom is 0.191 e. The summed E-state index contributed by atoms with van der Waals surface area (Å²) >= 11 is 0. The van der Waals surface area contributed by atoms with E-state index in [-0.39, 0.29) is 24.0 Å². The molecule has 5 nitrogen and oxygen atoms in total. The third kappa shape index (κ3) is 7.29. The molecule has 1 aromatic heterocycles. The summed E-state index contributed by atoms with van der Waals surface area (Å²) in [4.78, 5) is 11.0. The second kappa shape index (κ2) is 10.9. The number of benzene rings is 1. The van der Waals surface area contributed by atoms with Crippen LogP contribution in [0.2, 0.25) is 0 Å². The van der Waals surface area contributed by atoms with Crippen LogP contribution in [0.15, 0.2) is 47.6 Å². The van der Waals surface area contributed by atoms with Crippen molar-refractivity contribution in [3.8, 4) is 0 Å². The average Bonchev–Trinajstić information content (AvgIpc) is 2.59. The molecular formula is C19H28IN5. The third-order valence-electron chi connectivity index (χ3n) is 3.61. The predicted octanol–water partition coefficient (Wildman–Crippen LogP) is 3.33. The van der Waals surface area contributed by atoms with Gasteiger partial charge in [-0.15, -0.1) is 24.0 Å². The first kappa shape index (κ1) is 21.2. The van der Waals surface area contributed by atoms with Crippen LogP contribution in [0.3, 0.4) is 0 Å². The molecule has 0 fully saturated rings. The number of rotatable bonds is 6. The minimum absolute atomic E-state index is 0. The van der Waals surface area contributed by atoms with Crippen molar-refractivity contribution in [3.05, 3.63) is 59.3 Å². The van der Waals surface area contributed by atoms with Gasteiger partial charge in [0.15, 0.2) is 5.96 Å². The third-order valence-corrected chi connectivity index (χ3v) is 3.61. The summed E-state index contributed by atoms with van der Waals surface area (Å²) in [5.41, 5.74) is 3.65. The number of anilines is 1. The van der Waals surface area contributed by atoms with Gasteiger partial charge >= 0.3 is 0 Å². The highest BCUT2D eigenvalue weighted by Gasteiger charge is 2.01. The molecule has 2 rings (SSSR count). The molecule has 2 aromatic rings. The lowest BCUT2D eigenvalue weighted by Gasteiger charge is -2.13. The van der Waals surface area contributed by atoms with Crippen LogP contribution in [0.25, 0.3) is 0 Å². The van der Waals surface area contributed by atoms with E-state index in [1.807, 2.05) is 31.3 Å². The highest BCUT2D eigenvalue weighted by atomic mass is 127. The number of nitrogens with one attached hydrogen (secondary N) is 2. The number of aliphatic imine (C=N–C) groups is 1. The van der Waals surface area contributed by atoms with Gasteiger partial charge in [0.25, 0.3) is 0 Å². The molecule has 0 aliphatic rings. The van der Waals surface area contributed by atoms with Gasteiger partial charge in [-0.3, -0.25) is 0 Å². The Morgan fingerprint density at radius 2 is 1.80 bits per heavy atom. The zero-order valence-corrected chi connectivity index (χ0v) is 17.7. The number of aromatic nitrogens is 1. The molecule has 0 aliphatic carbocycles. The molecule has 0 amide bonds. The molecule has 2 N–H and O–H groups in total. The molecule has 0 radical (unpaired) electrons. The summed E-state index contributed by atoms with van der Waals surface area (Å²) in [6.45, 7) is 6.37. The van der Waals surface area contributed by atoms with Crippen LogP contribution < -0.4 is 15.5 Å². The van der Waals surface area contributed by atoms with Crippen LogP contribution >= 0.6 is 24.0 Å². The lowest BCUT2D eigenvalue weighted by atomic mass is 10.1. The van der Waals surface area contributed by atoms with E-state index in [2.05, 4.69) is 64.8 Å². The molecule has 25 heavy (non-hydrogen) atoms. The monoisotopic (exact) mass is 453 g/mol. The van der Waals surface area contributed by atoms with E-state index in [9.17, 15) is 0 Å². The Morgan fingerprint density at radius 3 is 2.44 bits per heavy atom. The van der Waals surface area contributed by atoms with Crippen molar-refractivity contribution in [2.75, 3.05) is 25.5 Å². The van der Waals surface area contributed by atoms with Crippen molar-refractivity contribution in [2.24, 2.45) is 4.99 Å². The van der Waals surface area contributed by atoms with Gasteiger partial charge in [-0.25, -0.2) is 9.98 Å². The fraction of sp³-hybridized carbons (Fsp3) is 0.368. The maximum atomic E-state index is 4.66. The van der Waals surface area contributed by atoms with Crippen molar-refractivity contribution < 1.29 is 0 Å². The van der Waals surface area contributed by atoms with Crippen molar-refractivity contribution in [1.82, 2.24) is 15.6 Å². The molecule has 1 heterocycles. The Balaban J connectivity index is 0.00000312. The van der Waals surface area contributed by atoms with E-state index in [0.717, 1.165) is 30.4 Å².